The fraction of sp³-hybridized carbons (Fsp3) is 0.600. The first kappa shape index (κ1) is 10.4. The van der Waals surface area contributed by atoms with Crippen LogP contribution in [-0.4, -0.2) is 24.1 Å². The number of rotatable bonds is 4. The molecule has 82 valence electrons. The SMILES string of the molecule is COC(=O)Cc1csc(NC2CCC2)n1. The predicted octanol–water partition coefficient (Wildman–Crippen LogP) is 1.82. The molecule has 15 heavy (non-hydrogen) atoms. The lowest BCUT2D eigenvalue weighted by atomic mass is 9.93. The minimum absolute atomic E-state index is 0.240. The van der Waals surface area contributed by atoms with Gasteiger partial charge in [-0.25, -0.2) is 4.98 Å². The molecule has 0 atom stereocenters. The molecule has 1 aromatic rings. The fourth-order valence-electron chi connectivity index (χ4n) is 1.40. The largest absolute Gasteiger partial charge is 0.469 e. The van der Waals surface area contributed by atoms with Gasteiger partial charge in [-0.2, -0.15) is 0 Å². The van der Waals surface area contributed by atoms with E-state index in [1.165, 1.54) is 26.4 Å². The lowest BCUT2D eigenvalue weighted by Crippen LogP contribution is -2.26. The molecule has 1 heterocycles. The normalized spacial score (nSPS) is 15.8. The van der Waals surface area contributed by atoms with Crippen LogP contribution in [0, 0.1) is 0 Å². The maximum atomic E-state index is 11.0. The van der Waals surface area contributed by atoms with Crippen molar-refractivity contribution in [3.8, 4) is 0 Å². The number of ether oxygens (including phenoxy) is 1. The molecule has 2 rings (SSSR count). The third-order valence-electron chi connectivity index (χ3n) is 2.54. The van der Waals surface area contributed by atoms with Crippen LogP contribution in [0.2, 0.25) is 0 Å². The summed E-state index contributed by atoms with van der Waals surface area (Å²) in [5.41, 5.74) is 0.786. The second-order valence-corrected chi connectivity index (χ2v) is 4.53. The van der Waals surface area contributed by atoms with E-state index in [0.717, 1.165) is 10.8 Å². The highest BCUT2D eigenvalue weighted by molar-refractivity contribution is 7.13. The number of thiazole rings is 1. The van der Waals surface area contributed by atoms with Crippen molar-refractivity contribution in [2.24, 2.45) is 0 Å². The van der Waals surface area contributed by atoms with Crippen molar-refractivity contribution >= 4 is 22.4 Å². The first-order valence-corrected chi connectivity index (χ1v) is 5.93. The Bertz CT molecular complexity index is 347. The van der Waals surface area contributed by atoms with Gasteiger partial charge in [0.2, 0.25) is 0 Å². The standard InChI is InChI=1S/C10H14N2O2S/c1-14-9(13)5-8-6-15-10(12-8)11-7-3-2-4-7/h6-7H,2-5H2,1H3,(H,11,12). The highest BCUT2D eigenvalue weighted by Crippen LogP contribution is 2.25. The number of nitrogens with one attached hydrogen (secondary N) is 1. The molecule has 4 nitrogen and oxygen atoms in total. The fourth-order valence-corrected chi connectivity index (χ4v) is 2.19. The summed E-state index contributed by atoms with van der Waals surface area (Å²) in [5, 5.41) is 6.16. The van der Waals surface area contributed by atoms with Gasteiger partial charge in [0.25, 0.3) is 0 Å². The average Bonchev–Trinajstić information content (AvgIpc) is 2.59. The average molecular weight is 226 g/mol. The molecule has 1 aliphatic carbocycles. The molecular formula is C10H14N2O2S. The Hall–Kier alpha value is -1.10. The van der Waals surface area contributed by atoms with Crippen molar-refractivity contribution in [1.29, 1.82) is 0 Å². The zero-order valence-electron chi connectivity index (χ0n) is 8.66. The number of hydrogen-bond donors (Lipinski definition) is 1. The van der Waals surface area contributed by atoms with Crippen molar-refractivity contribution in [1.82, 2.24) is 4.98 Å². The molecule has 0 aliphatic heterocycles. The van der Waals surface area contributed by atoms with E-state index < -0.39 is 0 Å². The Morgan fingerprint density at radius 3 is 3.13 bits per heavy atom. The summed E-state index contributed by atoms with van der Waals surface area (Å²) in [6, 6.07) is 0.585. The van der Waals surface area contributed by atoms with Crippen LogP contribution in [0.15, 0.2) is 5.38 Å². The van der Waals surface area contributed by atoms with Gasteiger partial charge in [0.1, 0.15) is 0 Å². The minimum Gasteiger partial charge on any atom is -0.469 e. The van der Waals surface area contributed by atoms with Crippen LogP contribution in [0.1, 0.15) is 25.0 Å². The number of nitrogens with zero attached hydrogens (tertiary/aromatic N) is 1. The Morgan fingerprint density at radius 1 is 1.73 bits per heavy atom. The van der Waals surface area contributed by atoms with E-state index >= 15 is 0 Å². The van der Waals surface area contributed by atoms with Gasteiger partial charge in [0.05, 0.1) is 19.2 Å². The number of esters is 1. The number of methoxy groups -OCH3 is 1. The molecule has 0 saturated heterocycles. The van der Waals surface area contributed by atoms with Crippen LogP contribution in [-0.2, 0) is 16.0 Å². The van der Waals surface area contributed by atoms with Crippen LogP contribution in [0.25, 0.3) is 0 Å². The van der Waals surface area contributed by atoms with Crippen molar-refractivity contribution in [2.75, 3.05) is 12.4 Å². The number of hydrogen-bond acceptors (Lipinski definition) is 5. The molecule has 0 amide bonds. The summed E-state index contributed by atoms with van der Waals surface area (Å²) in [6.45, 7) is 0. The molecule has 1 saturated carbocycles. The predicted molar refractivity (Wildman–Crippen MR) is 59.1 cm³/mol. The maximum absolute atomic E-state index is 11.0. The van der Waals surface area contributed by atoms with E-state index in [1.807, 2.05) is 5.38 Å². The van der Waals surface area contributed by atoms with Gasteiger partial charge in [0, 0.05) is 11.4 Å². The van der Waals surface area contributed by atoms with E-state index in [9.17, 15) is 4.79 Å². The smallest absolute Gasteiger partial charge is 0.311 e. The summed E-state index contributed by atoms with van der Waals surface area (Å²) in [5.74, 6) is -0.240. The zero-order valence-corrected chi connectivity index (χ0v) is 9.47. The molecule has 0 spiro atoms. The van der Waals surface area contributed by atoms with Crippen LogP contribution in [0.5, 0.6) is 0 Å². The number of carbonyl (C=O) groups excluding carboxylic acids is 1. The van der Waals surface area contributed by atoms with Crippen LogP contribution in [0.4, 0.5) is 5.13 Å². The summed E-state index contributed by atoms with van der Waals surface area (Å²) >= 11 is 1.55. The lowest BCUT2D eigenvalue weighted by Gasteiger charge is -2.25. The van der Waals surface area contributed by atoms with Crippen molar-refractivity contribution in [3.63, 3.8) is 0 Å². The molecule has 0 radical (unpaired) electrons. The Morgan fingerprint density at radius 2 is 2.53 bits per heavy atom. The van der Waals surface area contributed by atoms with E-state index in [1.54, 1.807) is 11.3 Å². The highest BCUT2D eigenvalue weighted by atomic mass is 32.1. The molecule has 5 heteroatoms. The van der Waals surface area contributed by atoms with Crippen molar-refractivity contribution in [2.45, 2.75) is 31.7 Å². The van der Waals surface area contributed by atoms with E-state index in [-0.39, 0.29) is 12.4 Å². The van der Waals surface area contributed by atoms with Gasteiger partial charge in [-0.05, 0) is 19.3 Å². The summed E-state index contributed by atoms with van der Waals surface area (Å²) in [4.78, 5) is 15.3. The second kappa shape index (κ2) is 4.61. The van der Waals surface area contributed by atoms with E-state index in [0.29, 0.717) is 6.04 Å². The van der Waals surface area contributed by atoms with Crippen LogP contribution in [0.3, 0.4) is 0 Å². The molecular weight excluding hydrogens is 212 g/mol. The molecule has 1 aromatic heterocycles. The van der Waals surface area contributed by atoms with Gasteiger partial charge in [-0.3, -0.25) is 4.79 Å². The molecule has 0 bridgehead atoms. The van der Waals surface area contributed by atoms with Gasteiger partial charge >= 0.3 is 5.97 Å². The van der Waals surface area contributed by atoms with Gasteiger partial charge in [0.15, 0.2) is 5.13 Å². The summed E-state index contributed by atoms with van der Waals surface area (Å²) in [6.07, 6.45) is 4.02. The third kappa shape index (κ3) is 2.68. The summed E-state index contributed by atoms with van der Waals surface area (Å²) in [7, 11) is 1.39. The first-order valence-electron chi connectivity index (χ1n) is 5.05. The number of carbonyl (C=O) groups is 1. The number of anilines is 1. The van der Waals surface area contributed by atoms with Crippen LogP contribution < -0.4 is 5.32 Å². The maximum Gasteiger partial charge on any atom is 0.311 e. The molecule has 1 N–H and O–H groups in total. The lowest BCUT2D eigenvalue weighted by molar-refractivity contribution is -0.139. The highest BCUT2D eigenvalue weighted by Gasteiger charge is 2.18. The van der Waals surface area contributed by atoms with Gasteiger partial charge in [-0.1, -0.05) is 0 Å². The quantitative estimate of drug-likeness (QED) is 0.796. The van der Waals surface area contributed by atoms with Gasteiger partial charge < -0.3 is 10.1 Å². The van der Waals surface area contributed by atoms with E-state index in [2.05, 4.69) is 15.0 Å². The number of aromatic nitrogens is 1. The Kier molecular flexibility index (Phi) is 3.20. The molecule has 0 aromatic carbocycles. The molecule has 1 fully saturated rings. The third-order valence-corrected chi connectivity index (χ3v) is 3.36. The zero-order chi connectivity index (χ0) is 10.7. The Balaban J connectivity index is 1.88. The monoisotopic (exact) mass is 226 g/mol. The van der Waals surface area contributed by atoms with Crippen molar-refractivity contribution in [3.05, 3.63) is 11.1 Å². The molecule has 0 unspecified atom stereocenters. The minimum atomic E-state index is -0.240. The van der Waals surface area contributed by atoms with E-state index in [4.69, 9.17) is 0 Å². The topological polar surface area (TPSA) is 51.2 Å². The second-order valence-electron chi connectivity index (χ2n) is 3.67. The Labute approximate surface area is 92.7 Å². The van der Waals surface area contributed by atoms with Gasteiger partial charge in [-0.15, -0.1) is 11.3 Å². The first-order chi connectivity index (χ1) is 7.28. The summed E-state index contributed by atoms with van der Waals surface area (Å²) < 4.78 is 4.58. The van der Waals surface area contributed by atoms with Crippen molar-refractivity contribution < 1.29 is 9.53 Å². The molecule has 1 aliphatic rings. The van der Waals surface area contributed by atoms with Crippen LogP contribution >= 0.6 is 11.3 Å².